The molecule has 1 atom stereocenters. The molecule has 2 heteroatoms. The van der Waals surface area contributed by atoms with Crippen LogP contribution in [0.2, 0.25) is 0 Å². The van der Waals surface area contributed by atoms with Crippen LogP contribution in [0, 0.1) is 5.92 Å². The van der Waals surface area contributed by atoms with Gasteiger partial charge in [0.05, 0.1) is 12.9 Å². The molecule has 0 aromatic heterocycles. The van der Waals surface area contributed by atoms with E-state index in [2.05, 4.69) is 32.7 Å². The van der Waals surface area contributed by atoms with Gasteiger partial charge in [-0.05, 0) is 25.8 Å². The molecule has 1 N–H and O–H groups in total. The first kappa shape index (κ1) is 11.5. The van der Waals surface area contributed by atoms with Gasteiger partial charge in [-0.2, -0.15) is 0 Å². The molecule has 0 rings (SSSR count). The molecule has 0 heterocycles. The van der Waals surface area contributed by atoms with E-state index in [-0.39, 0.29) is 0 Å². The Morgan fingerprint density at radius 2 is 2.08 bits per heavy atom. The summed E-state index contributed by atoms with van der Waals surface area (Å²) in [6.07, 6.45) is 2.54. The van der Waals surface area contributed by atoms with Gasteiger partial charge >= 0.3 is 0 Å². The Morgan fingerprint density at radius 3 is 2.58 bits per heavy atom. The van der Waals surface area contributed by atoms with Crippen LogP contribution in [0.5, 0.6) is 0 Å². The summed E-state index contributed by atoms with van der Waals surface area (Å²) in [5, 5.41) is 3.43. The fourth-order valence-corrected chi connectivity index (χ4v) is 0.804. The van der Waals surface area contributed by atoms with Crippen LogP contribution >= 0.6 is 0 Å². The maximum atomic E-state index is 5.00. The zero-order valence-corrected chi connectivity index (χ0v) is 8.47. The molecule has 0 fully saturated rings. The van der Waals surface area contributed by atoms with E-state index in [1.165, 1.54) is 6.26 Å². The second-order valence-electron chi connectivity index (χ2n) is 3.38. The van der Waals surface area contributed by atoms with E-state index in [1.807, 2.05) is 0 Å². The van der Waals surface area contributed by atoms with Gasteiger partial charge in [0.15, 0.2) is 0 Å². The van der Waals surface area contributed by atoms with Crippen molar-refractivity contribution in [2.45, 2.75) is 33.2 Å². The standard InChI is InChI=1S/C10H21NO/c1-5-12-8-6-7-11-10(4)9(2)3/h5,9-11H,1,6-8H2,2-4H3. The van der Waals surface area contributed by atoms with Crippen molar-refractivity contribution in [1.82, 2.24) is 5.32 Å². The summed E-state index contributed by atoms with van der Waals surface area (Å²) >= 11 is 0. The largest absolute Gasteiger partial charge is 0.502 e. The van der Waals surface area contributed by atoms with Crippen LogP contribution < -0.4 is 5.32 Å². The highest BCUT2D eigenvalue weighted by atomic mass is 16.5. The number of hydrogen-bond donors (Lipinski definition) is 1. The lowest BCUT2D eigenvalue weighted by Gasteiger charge is -2.16. The van der Waals surface area contributed by atoms with E-state index in [4.69, 9.17) is 4.74 Å². The fraction of sp³-hybridized carbons (Fsp3) is 0.800. The minimum atomic E-state index is 0.591. The molecule has 0 bridgehead atoms. The van der Waals surface area contributed by atoms with E-state index in [1.54, 1.807) is 0 Å². The summed E-state index contributed by atoms with van der Waals surface area (Å²) in [5.41, 5.74) is 0. The Labute approximate surface area is 76.0 Å². The lowest BCUT2D eigenvalue weighted by molar-refractivity contribution is 0.241. The normalized spacial score (nSPS) is 13.0. The highest BCUT2D eigenvalue weighted by Crippen LogP contribution is 1.99. The van der Waals surface area contributed by atoms with Crippen LogP contribution in [0.15, 0.2) is 12.8 Å². The van der Waals surface area contributed by atoms with Gasteiger partial charge in [-0.25, -0.2) is 0 Å². The third-order valence-electron chi connectivity index (χ3n) is 2.02. The zero-order valence-electron chi connectivity index (χ0n) is 8.47. The van der Waals surface area contributed by atoms with Crippen molar-refractivity contribution in [3.63, 3.8) is 0 Å². The van der Waals surface area contributed by atoms with Crippen molar-refractivity contribution in [1.29, 1.82) is 0 Å². The maximum absolute atomic E-state index is 5.00. The molecule has 1 unspecified atom stereocenters. The van der Waals surface area contributed by atoms with Crippen molar-refractivity contribution >= 4 is 0 Å². The topological polar surface area (TPSA) is 21.3 Å². The van der Waals surface area contributed by atoms with E-state index >= 15 is 0 Å². The van der Waals surface area contributed by atoms with Crippen LogP contribution in [0.4, 0.5) is 0 Å². The second-order valence-corrected chi connectivity index (χ2v) is 3.38. The highest BCUT2D eigenvalue weighted by Gasteiger charge is 2.04. The quantitative estimate of drug-likeness (QED) is 0.468. The molecule has 0 aromatic carbocycles. The van der Waals surface area contributed by atoms with Crippen molar-refractivity contribution in [3.8, 4) is 0 Å². The number of rotatable bonds is 7. The Balaban J connectivity index is 3.13. The third-order valence-corrected chi connectivity index (χ3v) is 2.02. The van der Waals surface area contributed by atoms with Crippen molar-refractivity contribution in [3.05, 3.63) is 12.8 Å². The Hall–Kier alpha value is -0.500. The van der Waals surface area contributed by atoms with Gasteiger partial charge in [-0.1, -0.05) is 20.4 Å². The average Bonchev–Trinajstić information content (AvgIpc) is 2.03. The molecule has 0 aliphatic carbocycles. The third kappa shape index (κ3) is 6.23. The molecule has 0 saturated carbocycles. The first-order valence-electron chi connectivity index (χ1n) is 4.64. The van der Waals surface area contributed by atoms with Gasteiger partial charge in [0.25, 0.3) is 0 Å². The van der Waals surface area contributed by atoms with Gasteiger partial charge in [0, 0.05) is 6.04 Å². The molecular formula is C10H21NO. The summed E-state index contributed by atoms with van der Waals surface area (Å²) in [6.45, 7) is 11.9. The van der Waals surface area contributed by atoms with Crippen molar-refractivity contribution in [2.24, 2.45) is 5.92 Å². The van der Waals surface area contributed by atoms with Crippen LogP contribution in [0.25, 0.3) is 0 Å². The molecule has 72 valence electrons. The Bertz CT molecular complexity index is 112. The molecule has 0 aliphatic heterocycles. The molecular weight excluding hydrogens is 150 g/mol. The molecule has 0 aromatic rings. The monoisotopic (exact) mass is 171 g/mol. The van der Waals surface area contributed by atoms with E-state index in [0.717, 1.165) is 19.6 Å². The lowest BCUT2D eigenvalue weighted by Crippen LogP contribution is -2.31. The van der Waals surface area contributed by atoms with Crippen LogP contribution in [0.3, 0.4) is 0 Å². The summed E-state index contributed by atoms with van der Waals surface area (Å²) in [5.74, 6) is 0.699. The van der Waals surface area contributed by atoms with E-state index in [0.29, 0.717) is 12.0 Å². The van der Waals surface area contributed by atoms with Crippen LogP contribution in [0.1, 0.15) is 27.2 Å². The Morgan fingerprint density at radius 1 is 1.42 bits per heavy atom. The minimum absolute atomic E-state index is 0.591. The molecule has 0 amide bonds. The number of ether oxygens (including phenoxy) is 1. The second kappa shape index (κ2) is 7.17. The smallest absolute Gasteiger partial charge is 0.0885 e. The summed E-state index contributed by atoms with van der Waals surface area (Å²) in [7, 11) is 0. The van der Waals surface area contributed by atoms with Crippen LogP contribution in [-0.2, 0) is 4.74 Å². The predicted molar refractivity (Wildman–Crippen MR) is 53.1 cm³/mol. The van der Waals surface area contributed by atoms with Gasteiger partial charge in [0.1, 0.15) is 0 Å². The van der Waals surface area contributed by atoms with Gasteiger partial charge in [0.2, 0.25) is 0 Å². The van der Waals surface area contributed by atoms with Gasteiger partial charge < -0.3 is 10.1 Å². The average molecular weight is 171 g/mol. The number of nitrogens with one attached hydrogen (secondary N) is 1. The summed E-state index contributed by atoms with van der Waals surface area (Å²) < 4.78 is 5.00. The number of hydrogen-bond acceptors (Lipinski definition) is 2. The predicted octanol–water partition coefficient (Wildman–Crippen LogP) is 2.17. The van der Waals surface area contributed by atoms with E-state index < -0.39 is 0 Å². The SMILES string of the molecule is C=COCCCNC(C)C(C)C. The fourth-order valence-electron chi connectivity index (χ4n) is 0.804. The molecule has 12 heavy (non-hydrogen) atoms. The van der Waals surface area contributed by atoms with Crippen molar-refractivity contribution < 1.29 is 4.74 Å². The summed E-state index contributed by atoms with van der Waals surface area (Å²) in [6, 6.07) is 0.591. The summed E-state index contributed by atoms with van der Waals surface area (Å²) in [4.78, 5) is 0. The molecule has 0 radical (unpaired) electrons. The molecule has 0 saturated heterocycles. The van der Waals surface area contributed by atoms with Gasteiger partial charge in [-0.3, -0.25) is 0 Å². The van der Waals surface area contributed by atoms with E-state index in [9.17, 15) is 0 Å². The van der Waals surface area contributed by atoms with Crippen LogP contribution in [-0.4, -0.2) is 19.2 Å². The molecule has 0 spiro atoms. The maximum Gasteiger partial charge on any atom is 0.0885 e. The first-order chi connectivity index (χ1) is 5.68. The highest BCUT2D eigenvalue weighted by molar-refractivity contribution is 4.63. The van der Waals surface area contributed by atoms with Crippen molar-refractivity contribution in [2.75, 3.05) is 13.2 Å². The molecule has 2 nitrogen and oxygen atoms in total. The first-order valence-corrected chi connectivity index (χ1v) is 4.64. The van der Waals surface area contributed by atoms with Gasteiger partial charge in [-0.15, -0.1) is 0 Å². The Kier molecular flexibility index (Phi) is 6.87. The lowest BCUT2D eigenvalue weighted by atomic mass is 10.1. The minimum Gasteiger partial charge on any atom is -0.502 e. The molecule has 0 aliphatic rings. The zero-order chi connectivity index (χ0) is 9.40.